The number of carbonyl (C=O) groups is 1. The minimum absolute atomic E-state index is 0.220. The second kappa shape index (κ2) is 3.06. The average molecular weight is 139 g/mol. The molecule has 1 heterocycles. The molecule has 0 fully saturated rings. The zero-order chi connectivity index (χ0) is 7.40. The van der Waals surface area contributed by atoms with Crippen molar-refractivity contribution in [2.75, 3.05) is 0 Å². The summed E-state index contributed by atoms with van der Waals surface area (Å²) < 4.78 is 9.28. The van der Waals surface area contributed by atoms with E-state index in [1.807, 2.05) is 0 Å². The van der Waals surface area contributed by atoms with Crippen LogP contribution in [0, 0.1) is 6.61 Å². The van der Waals surface area contributed by atoms with Gasteiger partial charge in [0.1, 0.15) is 6.61 Å². The molecule has 10 heavy (non-hydrogen) atoms. The van der Waals surface area contributed by atoms with E-state index in [1.54, 1.807) is 19.1 Å². The van der Waals surface area contributed by atoms with E-state index < -0.39 is 5.97 Å². The standard InChI is InChI=1S/C7H7O3/c1-2-9-7(8)6-4-3-5-10-6/h2-5H,1H3. The van der Waals surface area contributed by atoms with Crippen molar-refractivity contribution in [1.29, 1.82) is 0 Å². The van der Waals surface area contributed by atoms with Crippen molar-refractivity contribution < 1.29 is 13.9 Å². The fourth-order valence-electron chi connectivity index (χ4n) is 0.560. The number of carbonyl (C=O) groups excluding carboxylic acids is 1. The predicted octanol–water partition coefficient (Wildman–Crippen LogP) is 1.62. The summed E-state index contributed by atoms with van der Waals surface area (Å²) in [5, 5.41) is 0. The van der Waals surface area contributed by atoms with Gasteiger partial charge >= 0.3 is 5.97 Å². The minimum Gasteiger partial charge on any atom is -0.457 e. The maximum Gasteiger partial charge on any atom is 0.374 e. The summed E-state index contributed by atoms with van der Waals surface area (Å²) in [5.41, 5.74) is 0. The maximum atomic E-state index is 10.8. The molecule has 1 rings (SSSR count). The summed E-state index contributed by atoms with van der Waals surface area (Å²) in [6.07, 6.45) is 1.42. The Balaban J connectivity index is 2.59. The Kier molecular flexibility index (Phi) is 2.10. The van der Waals surface area contributed by atoms with E-state index in [9.17, 15) is 4.79 Å². The van der Waals surface area contributed by atoms with Crippen LogP contribution >= 0.6 is 0 Å². The summed E-state index contributed by atoms with van der Waals surface area (Å²) in [5.74, 6) is -0.245. The van der Waals surface area contributed by atoms with Gasteiger partial charge in [-0.2, -0.15) is 0 Å². The predicted molar refractivity (Wildman–Crippen MR) is 34.1 cm³/mol. The fourth-order valence-corrected chi connectivity index (χ4v) is 0.560. The third-order valence-corrected chi connectivity index (χ3v) is 0.947. The van der Waals surface area contributed by atoms with Gasteiger partial charge in [0.2, 0.25) is 5.76 Å². The molecule has 0 amide bonds. The lowest BCUT2D eigenvalue weighted by Crippen LogP contribution is -1.99. The monoisotopic (exact) mass is 139 g/mol. The third kappa shape index (κ3) is 1.37. The normalized spacial score (nSPS) is 9.30. The Morgan fingerprint density at radius 2 is 2.60 bits per heavy atom. The van der Waals surface area contributed by atoms with Crippen molar-refractivity contribution >= 4 is 5.97 Å². The van der Waals surface area contributed by atoms with E-state index in [0.717, 1.165) is 0 Å². The number of furan rings is 1. The van der Waals surface area contributed by atoms with Crippen LogP contribution < -0.4 is 0 Å². The van der Waals surface area contributed by atoms with Gasteiger partial charge in [0.15, 0.2) is 0 Å². The zero-order valence-electron chi connectivity index (χ0n) is 5.53. The number of ether oxygens (including phenoxy) is 1. The van der Waals surface area contributed by atoms with Crippen molar-refractivity contribution in [3.63, 3.8) is 0 Å². The largest absolute Gasteiger partial charge is 0.457 e. The van der Waals surface area contributed by atoms with Crippen LogP contribution in [0.1, 0.15) is 17.5 Å². The number of hydrogen-bond acceptors (Lipinski definition) is 3. The average Bonchev–Trinajstić information content (AvgIpc) is 2.38. The van der Waals surface area contributed by atoms with Gasteiger partial charge in [-0.15, -0.1) is 0 Å². The molecule has 1 aromatic rings. The molecule has 0 aliphatic carbocycles. The van der Waals surface area contributed by atoms with Crippen LogP contribution in [0.2, 0.25) is 0 Å². The SMILES string of the molecule is C[CH]OC(=O)c1ccco1. The van der Waals surface area contributed by atoms with Gasteiger partial charge in [0.05, 0.1) is 6.26 Å². The number of hydrogen-bond donors (Lipinski definition) is 0. The second-order valence-electron chi connectivity index (χ2n) is 1.62. The van der Waals surface area contributed by atoms with Crippen LogP contribution in [0.5, 0.6) is 0 Å². The highest BCUT2D eigenvalue weighted by Crippen LogP contribution is 2.02. The molecule has 1 aromatic heterocycles. The van der Waals surface area contributed by atoms with E-state index in [0.29, 0.717) is 0 Å². The van der Waals surface area contributed by atoms with Crippen LogP contribution in [0.4, 0.5) is 0 Å². The molecule has 0 aromatic carbocycles. The Labute approximate surface area is 58.6 Å². The van der Waals surface area contributed by atoms with Crippen LogP contribution in [0.15, 0.2) is 22.8 Å². The Hall–Kier alpha value is -1.25. The Morgan fingerprint density at radius 1 is 1.80 bits per heavy atom. The van der Waals surface area contributed by atoms with Gasteiger partial charge in [-0.1, -0.05) is 0 Å². The van der Waals surface area contributed by atoms with Gasteiger partial charge in [0.25, 0.3) is 0 Å². The highest BCUT2D eigenvalue weighted by molar-refractivity contribution is 5.86. The third-order valence-electron chi connectivity index (χ3n) is 0.947. The molecule has 1 radical (unpaired) electrons. The second-order valence-corrected chi connectivity index (χ2v) is 1.62. The van der Waals surface area contributed by atoms with E-state index in [2.05, 4.69) is 4.74 Å². The lowest BCUT2D eigenvalue weighted by atomic mass is 10.5. The molecular formula is C7H7O3. The number of rotatable bonds is 2. The first kappa shape index (κ1) is 6.86. The first-order valence-corrected chi connectivity index (χ1v) is 2.87. The molecule has 0 saturated heterocycles. The smallest absolute Gasteiger partial charge is 0.374 e. The summed E-state index contributed by atoms with van der Waals surface area (Å²) >= 11 is 0. The van der Waals surface area contributed by atoms with Crippen molar-refractivity contribution in [2.45, 2.75) is 6.92 Å². The molecule has 53 valence electrons. The minimum atomic E-state index is -0.465. The first-order valence-electron chi connectivity index (χ1n) is 2.87. The van der Waals surface area contributed by atoms with Gasteiger partial charge in [-0.3, -0.25) is 0 Å². The lowest BCUT2D eigenvalue weighted by molar-refractivity contribution is 0.0577. The molecule has 0 atom stereocenters. The fraction of sp³-hybridized carbons (Fsp3) is 0.143. The quantitative estimate of drug-likeness (QED) is 0.584. The summed E-state index contributed by atoms with van der Waals surface area (Å²) in [7, 11) is 0. The Morgan fingerprint density at radius 3 is 3.10 bits per heavy atom. The summed E-state index contributed by atoms with van der Waals surface area (Å²) in [4.78, 5) is 10.8. The zero-order valence-corrected chi connectivity index (χ0v) is 5.53. The number of esters is 1. The van der Waals surface area contributed by atoms with Crippen molar-refractivity contribution in [1.82, 2.24) is 0 Å². The highest BCUT2D eigenvalue weighted by Gasteiger charge is 2.07. The molecule has 0 aliphatic rings. The molecule has 0 aliphatic heterocycles. The summed E-state index contributed by atoms with van der Waals surface area (Å²) in [6.45, 7) is 2.94. The molecule has 0 bridgehead atoms. The van der Waals surface area contributed by atoms with E-state index >= 15 is 0 Å². The molecule has 3 nitrogen and oxygen atoms in total. The van der Waals surface area contributed by atoms with Gasteiger partial charge in [-0.25, -0.2) is 4.79 Å². The van der Waals surface area contributed by atoms with Gasteiger partial charge < -0.3 is 9.15 Å². The van der Waals surface area contributed by atoms with Crippen LogP contribution in [-0.4, -0.2) is 5.97 Å². The molecule has 0 N–H and O–H groups in total. The van der Waals surface area contributed by atoms with Crippen molar-refractivity contribution in [3.8, 4) is 0 Å². The van der Waals surface area contributed by atoms with E-state index in [-0.39, 0.29) is 5.76 Å². The first-order chi connectivity index (χ1) is 4.84. The highest BCUT2D eigenvalue weighted by atomic mass is 16.5. The molecule has 0 unspecified atom stereocenters. The lowest BCUT2D eigenvalue weighted by Gasteiger charge is -1.94. The molecular weight excluding hydrogens is 132 g/mol. The topological polar surface area (TPSA) is 39.4 Å². The molecule has 0 spiro atoms. The van der Waals surface area contributed by atoms with Gasteiger partial charge in [0, 0.05) is 0 Å². The van der Waals surface area contributed by atoms with E-state index in [1.165, 1.54) is 12.9 Å². The van der Waals surface area contributed by atoms with Crippen LogP contribution in [0.3, 0.4) is 0 Å². The van der Waals surface area contributed by atoms with Crippen LogP contribution in [-0.2, 0) is 4.74 Å². The molecule has 3 heteroatoms. The van der Waals surface area contributed by atoms with Gasteiger partial charge in [-0.05, 0) is 19.1 Å². The summed E-state index contributed by atoms with van der Waals surface area (Å²) in [6, 6.07) is 3.18. The van der Waals surface area contributed by atoms with E-state index in [4.69, 9.17) is 4.42 Å². The molecule has 0 saturated carbocycles. The van der Waals surface area contributed by atoms with Crippen molar-refractivity contribution in [3.05, 3.63) is 30.8 Å². The Bertz CT molecular complexity index is 201. The van der Waals surface area contributed by atoms with Crippen molar-refractivity contribution in [2.24, 2.45) is 0 Å². The van der Waals surface area contributed by atoms with Crippen LogP contribution in [0.25, 0.3) is 0 Å². The maximum absolute atomic E-state index is 10.8.